The van der Waals surface area contributed by atoms with Crippen molar-refractivity contribution >= 4 is 17.3 Å². The highest BCUT2D eigenvalue weighted by molar-refractivity contribution is 5.79. The topological polar surface area (TPSA) is 78.3 Å². The lowest BCUT2D eigenvalue weighted by Crippen LogP contribution is -2.12. The first kappa shape index (κ1) is 15.3. The number of hydrogen-bond donors (Lipinski definition) is 2. The molecule has 106 valence electrons. The van der Waals surface area contributed by atoms with E-state index in [1.54, 1.807) is 12.1 Å². The Morgan fingerprint density at radius 1 is 1.26 bits per heavy atom. The second-order valence-electron chi connectivity index (χ2n) is 6.10. The average Bonchev–Trinajstić information content (AvgIpc) is 2.28. The summed E-state index contributed by atoms with van der Waals surface area (Å²) >= 11 is 0. The van der Waals surface area contributed by atoms with Crippen LogP contribution in [0.5, 0.6) is 5.75 Å². The van der Waals surface area contributed by atoms with Crippen LogP contribution in [0.25, 0.3) is 0 Å². The number of hydrogen-bond acceptors (Lipinski definition) is 4. The summed E-state index contributed by atoms with van der Waals surface area (Å²) < 4.78 is 5.33. The highest BCUT2D eigenvalue weighted by Crippen LogP contribution is 2.31. The molecule has 0 heterocycles. The zero-order chi connectivity index (χ0) is 14.6. The van der Waals surface area contributed by atoms with Gasteiger partial charge < -0.3 is 16.2 Å². The van der Waals surface area contributed by atoms with Crippen LogP contribution in [0.2, 0.25) is 0 Å². The predicted octanol–water partition coefficient (Wildman–Crippen LogP) is 3.28. The Bertz CT molecular complexity index is 462. The summed E-state index contributed by atoms with van der Waals surface area (Å²) in [7, 11) is 0. The van der Waals surface area contributed by atoms with Gasteiger partial charge in [-0.05, 0) is 36.8 Å². The van der Waals surface area contributed by atoms with Crippen LogP contribution in [0.1, 0.15) is 45.6 Å². The summed E-state index contributed by atoms with van der Waals surface area (Å²) in [5, 5.41) is 0. The second-order valence-corrected chi connectivity index (χ2v) is 6.10. The van der Waals surface area contributed by atoms with E-state index in [9.17, 15) is 4.79 Å². The number of aryl methyl sites for hydroxylation is 1. The molecule has 4 N–H and O–H groups in total. The molecule has 0 amide bonds. The molecule has 4 nitrogen and oxygen atoms in total. The molecule has 0 aromatic heterocycles. The van der Waals surface area contributed by atoms with E-state index in [0.717, 1.165) is 18.4 Å². The first-order chi connectivity index (χ1) is 8.70. The lowest BCUT2D eigenvalue weighted by Gasteiger charge is -2.17. The fourth-order valence-corrected chi connectivity index (χ4v) is 1.79. The molecule has 19 heavy (non-hydrogen) atoms. The summed E-state index contributed by atoms with van der Waals surface area (Å²) in [5.74, 6) is 0.130. The van der Waals surface area contributed by atoms with E-state index in [1.165, 1.54) is 0 Å². The van der Waals surface area contributed by atoms with Crippen molar-refractivity contribution in [3.05, 3.63) is 17.7 Å². The Labute approximate surface area is 115 Å². The SMILES string of the molecule is Cc1ccc(N)c(N)c1OC(=O)CCCC(C)(C)C. The average molecular weight is 264 g/mol. The highest BCUT2D eigenvalue weighted by Gasteiger charge is 2.15. The Hall–Kier alpha value is -1.71. The lowest BCUT2D eigenvalue weighted by atomic mass is 9.90. The van der Waals surface area contributed by atoms with Gasteiger partial charge in [0.2, 0.25) is 0 Å². The van der Waals surface area contributed by atoms with Crippen LogP contribution < -0.4 is 16.2 Å². The Balaban J connectivity index is 2.61. The number of rotatable bonds is 4. The van der Waals surface area contributed by atoms with Crippen molar-refractivity contribution in [1.82, 2.24) is 0 Å². The second kappa shape index (κ2) is 5.95. The third-order valence-corrected chi connectivity index (χ3v) is 2.95. The van der Waals surface area contributed by atoms with Crippen LogP contribution in [0.4, 0.5) is 11.4 Å². The van der Waals surface area contributed by atoms with Gasteiger partial charge in [-0.25, -0.2) is 0 Å². The minimum absolute atomic E-state index is 0.229. The first-order valence-corrected chi connectivity index (χ1v) is 6.56. The van der Waals surface area contributed by atoms with E-state index in [4.69, 9.17) is 16.2 Å². The normalized spacial score (nSPS) is 11.4. The molecule has 0 aliphatic rings. The quantitative estimate of drug-likeness (QED) is 0.497. The first-order valence-electron chi connectivity index (χ1n) is 6.56. The zero-order valence-corrected chi connectivity index (χ0v) is 12.2. The van der Waals surface area contributed by atoms with Crippen LogP contribution in [0.3, 0.4) is 0 Å². The van der Waals surface area contributed by atoms with Crippen LogP contribution >= 0.6 is 0 Å². The van der Waals surface area contributed by atoms with Gasteiger partial charge in [0.25, 0.3) is 0 Å². The van der Waals surface area contributed by atoms with Gasteiger partial charge in [-0.1, -0.05) is 26.8 Å². The molecule has 1 rings (SSSR count). The summed E-state index contributed by atoms with van der Waals surface area (Å²) in [6, 6.07) is 3.51. The van der Waals surface area contributed by atoms with Gasteiger partial charge in [0, 0.05) is 6.42 Å². The lowest BCUT2D eigenvalue weighted by molar-refractivity contribution is -0.134. The minimum atomic E-state index is -0.260. The Morgan fingerprint density at radius 2 is 1.89 bits per heavy atom. The predicted molar refractivity (Wildman–Crippen MR) is 78.9 cm³/mol. The van der Waals surface area contributed by atoms with Crippen LogP contribution in [0.15, 0.2) is 12.1 Å². The molecular formula is C15H24N2O2. The van der Waals surface area contributed by atoms with Crippen LogP contribution in [-0.2, 0) is 4.79 Å². The molecule has 0 saturated carbocycles. The van der Waals surface area contributed by atoms with Crippen molar-refractivity contribution < 1.29 is 9.53 Å². The molecule has 1 aromatic carbocycles. The molecule has 4 heteroatoms. The van der Waals surface area contributed by atoms with Crippen LogP contribution in [0, 0.1) is 12.3 Å². The zero-order valence-electron chi connectivity index (χ0n) is 12.2. The fourth-order valence-electron chi connectivity index (χ4n) is 1.79. The number of benzene rings is 1. The van der Waals surface area contributed by atoms with Crippen molar-refractivity contribution in [1.29, 1.82) is 0 Å². The molecule has 0 spiro atoms. The Morgan fingerprint density at radius 3 is 2.47 bits per heavy atom. The van der Waals surface area contributed by atoms with Crippen molar-refractivity contribution in [2.24, 2.45) is 5.41 Å². The summed E-state index contributed by atoms with van der Waals surface area (Å²) in [4.78, 5) is 11.8. The molecule has 0 aliphatic heterocycles. The van der Waals surface area contributed by atoms with Gasteiger partial charge >= 0.3 is 5.97 Å². The number of carbonyl (C=O) groups is 1. The standard InChI is InChI=1S/C15H24N2O2/c1-10-7-8-11(16)13(17)14(10)19-12(18)6-5-9-15(2,3)4/h7-8H,5-6,9,16-17H2,1-4H3. The third kappa shape index (κ3) is 4.81. The van der Waals surface area contributed by atoms with Gasteiger partial charge in [0.15, 0.2) is 5.75 Å². The van der Waals surface area contributed by atoms with E-state index >= 15 is 0 Å². The van der Waals surface area contributed by atoms with E-state index < -0.39 is 0 Å². The molecule has 0 fully saturated rings. The maximum Gasteiger partial charge on any atom is 0.311 e. The van der Waals surface area contributed by atoms with Crippen molar-refractivity contribution in [3.63, 3.8) is 0 Å². The molecule has 0 radical (unpaired) electrons. The summed E-state index contributed by atoms with van der Waals surface area (Å²) in [5.41, 5.74) is 13.3. The molecular weight excluding hydrogens is 240 g/mol. The van der Waals surface area contributed by atoms with Crippen molar-refractivity contribution in [2.75, 3.05) is 11.5 Å². The molecule has 0 bridgehead atoms. The van der Waals surface area contributed by atoms with E-state index in [0.29, 0.717) is 23.5 Å². The number of esters is 1. The molecule has 0 saturated heterocycles. The fraction of sp³-hybridized carbons (Fsp3) is 0.533. The van der Waals surface area contributed by atoms with E-state index in [-0.39, 0.29) is 11.4 Å². The molecule has 0 atom stereocenters. The maximum atomic E-state index is 11.8. The number of nitrogens with two attached hydrogens (primary N) is 2. The van der Waals surface area contributed by atoms with Gasteiger partial charge in [-0.3, -0.25) is 4.79 Å². The van der Waals surface area contributed by atoms with Crippen molar-refractivity contribution in [2.45, 2.75) is 47.0 Å². The van der Waals surface area contributed by atoms with Gasteiger partial charge in [-0.15, -0.1) is 0 Å². The molecule has 1 aromatic rings. The number of carbonyl (C=O) groups excluding carboxylic acids is 1. The maximum absolute atomic E-state index is 11.8. The number of anilines is 2. The highest BCUT2D eigenvalue weighted by atomic mass is 16.5. The van der Waals surface area contributed by atoms with Crippen LogP contribution in [-0.4, -0.2) is 5.97 Å². The summed E-state index contributed by atoms with van der Waals surface area (Å²) in [6.45, 7) is 8.29. The van der Waals surface area contributed by atoms with Crippen molar-refractivity contribution in [3.8, 4) is 5.75 Å². The Kier molecular flexibility index (Phi) is 4.81. The number of ether oxygens (including phenoxy) is 1. The van der Waals surface area contributed by atoms with E-state index in [1.807, 2.05) is 6.92 Å². The monoisotopic (exact) mass is 264 g/mol. The molecule has 0 aliphatic carbocycles. The van der Waals surface area contributed by atoms with E-state index in [2.05, 4.69) is 20.8 Å². The molecule has 0 unspecified atom stereocenters. The third-order valence-electron chi connectivity index (χ3n) is 2.95. The van der Waals surface area contributed by atoms with Gasteiger partial charge in [-0.2, -0.15) is 0 Å². The number of nitrogen functional groups attached to an aromatic ring is 2. The smallest absolute Gasteiger partial charge is 0.311 e. The largest absolute Gasteiger partial charge is 0.424 e. The summed E-state index contributed by atoms with van der Waals surface area (Å²) in [6.07, 6.45) is 2.18. The van der Waals surface area contributed by atoms with Gasteiger partial charge in [0.05, 0.1) is 11.4 Å². The minimum Gasteiger partial charge on any atom is -0.424 e. The van der Waals surface area contributed by atoms with Gasteiger partial charge in [0.1, 0.15) is 0 Å².